The van der Waals surface area contributed by atoms with E-state index >= 15 is 0 Å². The third-order valence-corrected chi connectivity index (χ3v) is 5.86. The van der Waals surface area contributed by atoms with E-state index in [-0.39, 0.29) is 11.8 Å². The molecule has 146 valence electrons. The molecule has 0 bridgehead atoms. The van der Waals surface area contributed by atoms with Crippen molar-refractivity contribution in [3.05, 3.63) is 94.7 Å². The van der Waals surface area contributed by atoms with Gasteiger partial charge >= 0.3 is 0 Å². The lowest BCUT2D eigenvalue weighted by molar-refractivity contribution is -0.112. The number of fused-ring (bicyclic) bond motifs is 1. The largest absolute Gasteiger partial charge is 0.462 e. The lowest BCUT2D eigenvalue weighted by Crippen LogP contribution is -2.42. The third-order valence-electron chi connectivity index (χ3n) is 4.99. The number of benzene rings is 2. The van der Waals surface area contributed by atoms with E-state index < -0.39 is 0 Å². The Kier molecular flexibility index (Phi) is 4.41. The summed E-state index contributed by atoms with van der Waals surface area (Å²) >= 11 is 1.44. The second-order valence-electron chi connectivity index (χ2n) is 6.89. The van der Waals surface area contributed by atoms with E-state index in [4.69, 9.17) is 4.42 Å². The fraction of sp³-hybridized carbons (Fsp3) is 0.0417. The molecule has 0 spiro atoms. The van der Waals surface area contributed by atoms with Crippen molar-refractivity contribution < 1.29 is 14.0 Å². The van der Waals surface area contributed by atoms with Crippen LogP contribution in [-0.2, 0) is 4.79 Å². The Labute approximate surface area is 176 Å². The van der Waals surface area contributed by atoms with E-state index in [9.17, 15) is 9.59 Å². The minimum Gasteiger partial charge on any atom is -0.462 e. The number of aryl methyl sites for hydroxylation is 1. The van der Waals surface area contributed by atoms with Crippen molar-refractivity contribution in [3.8, 4) is 10.8 Å². The van der Waals surface area contributed by atoms with Gasteiger partial charge in [-0.05, 0) is 42.8 Å². The minimum absolute atomic E-state index is 0.323. The van der Waals surface area contributed by atoms with Crippen molar-refractivity contribution in [3.63, 3.8) is 0 Å². The molecule has 5 nitrogen and oxygen atoms in total. The number of hydrogen-bond donors (Lipinski definition) is 0. The van der Waals surface area contributed by atoms with Crippen LogP contribution in [0.4, 0.5) is 5.69 Å². The number of carbonyl (C=O) groups excluding carboxylic acids is 2. The van der Waals surface area contributed by atoms with Crippen molar-refractivity contribution in [1.82, 2.24) is 4.98 Å². The zero-order valence-corrected chi connectivity index (χ0v) is 16.8. The van der Waals surface area contributed by atoms with Crippen LogP contribution in [0.2, 0.25) is 0 Å². The molecule has 1 aliphatic heterocycles. The van der Waals surface area contributed by atoms with Crippen LogP contribution < -0.4 is 4.90 Å². The molecule has 3 heterocycles. The molecule has 2 amide bonds. The summed E-state index contributed by atoms with van der Waals surface area (Å²) in [7, 11) is 0. The highest BCUT2D eigenvalue weighted by molar-refractivity contribution is 7.13. The molecule has 4 aromatic rings. The molecule has 5 rings (SSSR count). The van der Waals surface area contributed by atoms with Gasteiger partial charge in [0.15, 0.2) is 10.8 Å². The van der Waals surface area contributed by atoms with Gasteiger partial charge in [-0.25, -0.2) is 9.88 Å². The second-order valence-corrected chi connectivity index (χ2v) is 7.75. The Morgan fingerprint density at radius 2 is 1.70 bits per heavy atom. The predicted molar refractivity (Wildman–Crippen MR) is 117 cm³/mol. The highest BCUT2D eigenvalue weighted by Gasteiger charge is 2.36. The molecule has 6 heteroatoms. The number of carbonyl (C=O) groups is 2. The van der Waals surface area contributed by atoms with Gasteiger partial charge in [-0.2, -0.15) is 0 Å². The lowest BCUT2D eigenvalue weighted by Gasteiger charge is -2.29. The predicted octanol–water partition coefficient (Wildman–Crippen LogP) is 5.44. The molecule has 0 saturated carbocycles. The first kappa shape index (κ1) is 18.3. The molecule has 0 N–H and O–H groups in total. The van der Waals surface area contributed by atoms with Crippen LogP contribution in [0.25, 0.3) is 22.4 Å². The van der Waals surface area contributed by atoms with Crippen LogP contribution in [0.1, 0.15) is 27.2 Å². The molecule has 0 radical (unpaired) electrons. The Bertz CT molecular complexity index is 1300. The minimum atomic E-state index is -0.361. The van der Waals surface area contributed by atoms with Gasteiger partial charge in [-0.15, -0.1) is 11.3 Å². The second kappa shape index (κ2) is 7.24. The van der Waals surface area contributed by atoms with E-state index in [1.54, 1.807) is 36.6 Å². The van der Waals surface area contributed by atoms with Gasteiger partial charge in [0, 0.05) is 16.5 Å². The molecule has 1 aliphatic rings. The van der Waals surface area contributed by atoms with Crippen LogP contribution in [0.3, 0.4) is 0 Å². The summed E-state index contributed by atoms with van der Waals surface area (Å²) in [5.41, 5.74) is 3.63. The van der Waals surface area contributed by atoms with Gasteiger partial charge < -0.3 is 4.42 Å². The number of hydrogen-bond acceptors (Lipinski definition) is 5. The summed E-state index contributed by atoms with van der Waals surface area (Å²) in [5.74, 6) is -0.00566. The number of imide groups is 1. The first-order valence-electron chi connectivity index (χ1n) is 9.38. The van der Waals surface area contributed by atoms with E-state index in [0.29, 0.717) is 33.8 Å². The van der Waals surface area contributed by atoms with Crippen molar-refractivity contribution in [1.29, 1.82) is 0 Å². The molecule has 0 unspecified atom stereocenters. The number of rotatable bonds is 3. The topological polar surface area (TPSA) is 63.4 Å². The molecule has 0 atom stereocenters. The number of furan rings is 1. The van der Waals surface area contributed by atoms with E-state index in [0.717, 1.165) is 10.6 Å². The quantitative estimate of drug-likeness (QED) is 0.332. The molecular weight excluding hydrogens is 396 g/mol. The van der Waals surface area contributed by atoms with Gasteiger partial charge in [0.05, 0.1) is 23.2 Å². The van der Waals surface area contributed by atoms with Crippen molar-refractivity contribution >= 4 is 40.5 Å². The Balaban J connectivity index is 1.64. The number of aromatic nitrogens is 1. The Morgan fingerprint density at radius 1 is 0.933 bits per heavy atom. The Morgan fingerprint density at radius 3 is 2.47 bits per heavy atom. The van der Waals surface area contributed by atoms with Crippen LogP contribution in [0, 0.1) is 6.92 Å². The SMILES string of the molecule is Cc1ccccc1N1C(=O)/C(=C/c2csc(-c3ccco3)n2)c2ccccc2C1=O. The van der Waals surface area contributed by atoms with E-state index in [1.807, 2.05) is 48.7 Å². The summed E-state index contributed by atoms with van der Waals surface area (Å²) in [6, 6.07) is 18.2. The van der Waals surface area contributed by atoms with E-state index in [2.05, 4.69) is 4.98 Å². The van der Waals surface area contributed by atoms with Gasteiger partial charge in [0.25, 0.3) is 11.8 Å². The highest BCUT2D eigenvalue weighted by Crippen LogP contribution is 2.35. The normalized spacial score (nSPS) is 15.0. The molecule has 2 aromatic heterocycles. The first-order chi connectivity index (χ1) is 14.6. The molecular formula is C24H16N2O3S. The molecule has 2 aromatic carbocycles. The zero-order chi connectivity index (χ0) is 20.7. The zero-order valence-electron chi connectivity index (χ0n) is 16.0. The maximum Gasteiger partial charge on any atom is 0.266 e. The maximum atomic E-state index is 13.5. The van der Waals surface area contributed by atoms with Crippen molar-refractivity contribution in [2.45, 2.75) is 6.92 Å². The first-order valence-corrected chi connectivity index (χ1v) is 10.3. The summed E-state index contributed by atoms with van der Waals surface area (Å²) in [6.07, 6.45) is 3.34. The number of thiazole rings is 1. The smallest absolute Gasteiger partial charge is 0.266 e. The van der Waals surface area contributed by atoms with Crippen LogP contribution >= 0.6 is 11.3 Å². The summed E-state index contributed by atoms with van der Waals surface area (Å²) in [5, 5.41) is 2.60. The summed E-state index contributed by atoms with van der Waals surface area (Å²) in [4.78, 5) is 32.5. The molecule has 0 fully saturated rings. The lowest BCUT2D eigenvalue weighted by atomic mass is 9.92. The van der Waals surface area contributed by atoms with Crippen LogP contribution in [0.15, 0.2) is 76.7 Å². The number of amides is 2. The number of anilines is 1. The summed E-state index contributed by atoms with van der Waals surface area (Å²) in [6.45, 7) is 1.88. The Hall–Kier alpha value is -3.77. The van der Waals surface area contributed by atoms with Crippen LogP contribution in [-0.4, -0.2) is 16.8 Å². The van der Waals surface area contributed by atoms with E-state index in [1.165, 1.54) is 16.2 Å². The fourth-order valence-corrected chi connectivity index (χ4v) is 4.28. The summed E-state index contributed by atoms with van der Waals surface area (Å²) < 4.78 is 5.41. The monoisotopic (exact) mass is 412 g/mol. The number of para-hydroxylation sites is 1. The van der Waals surface area contributed by atoms with Crippen molar-refractivity contribution in [2.24, 2.45) is 0 Å². The van der Waals surface area contributed by atoms with Gasteiger partial charge in [-0.1, -0.05) is 36.4 Å². The van der Waals surface area contributed by atoms with Gasteiger partial charge in [-0.3, -0.25) is 9.59 Å². The number of nitrogens with zero attached hydrogens (tertiary/aromatic N) is 2. The highest BCUT2D eigenvalue weighted by atomic mass is 32.1. The fourth-order valence-electron chi connectivity index (χ4n) is 3.54. The molecule has 0 aliphatic carbocycles. The maximum absolute atomic E-state index is 13.5. The molecule has 30 heavy (non-hydrogen) atoms. The van der Waals surface area contributed by atoms with Gasteiger partial charge in [0.1, 0.15) is 0 Å². The average Bonchev–Trinajstić information content (AvgIpc) is 3.44. The standard InChI is InChI=1S/C24H16N2O3S/c1-15-7-2-5-10-20(15)26-23(27)18-9-4-3-8-17(18)19(24(26)28)13-16-14-30-22(25-16)21-11-6-12-29-21/h2-14H,1H3/b19-13+. The third kappa shape index (κ3) is 2.98. The van der Waals surface area contributed by atoms with Gasteiger partial charge in [0.2, 0.25) is 0 Å². The van der Waals surface area contributed by atoms with Crippen molar-refractivity contribution in [2.75, 3.05) is 4.90 Å². The van der Waals surface area contributed by atoms with Crippen LogP contribution in [0.5, 0.6) is 0 Å². The molecule has 0 saturated heterocycles. The average molecular weight is 412 g/mol.